The maximum atomic E-state index is 11.5. The average Bonchev–Trinajstić information content (AvgIpc) is 2.55. The average molecular weight is 314 g/mol. The van der Waals surface area contributed by atoms with Crippen molar-refractivity contribution in [3.05, 3.63) is 59.7 Å². The molecular formula is C19H22O4. The zero-order valence-electron chi connectivity index (χ0n) is 13.7. The number of benzene rings is 2. The third kappa shape index (κ3) is 4.49. The molecule has 0 aliphatic carbocycles. The van der Waals surface area contributed by atoms with E-state index in [4.69, 9.17) is 9.47 Å². The second kappa shape index (κ2) is 7.68. The molecule has 23 heavy (non-hydrogen) atoms. The molecule has 2 aromatic carbocycles. The highest BCUT2D eigenvalue weighted by Gasteiger charge is 2.21. The Balaban J connectivity index is 2.14. The van der Waals surface area contributed by atoms with Gasteiger partial charge in [-0.3, -0.25) is 0 Å². The van der Waals surface area contributed by atoms with Crippen LogP contribution in [0.1, 0.15) is 30.9 Å². The van der Waals surface area contributed by atoms with Gasteiger partial charge in [0, 0.05) is 6.42 Å². The fourth-order valence-electron chi connectivity index (χ4n) is 2.30. The number of ether oxygens (including phenoxy) is 2. The maximum Gasteiger partial charge on any atom is 0.345 e. The van der Waals surface area contributed by atoms with Gasteiger partial charge in [0.1, 0.15) is 0 Å². The van der Waals surface area contributed by atoms with E-state index in [0.717, 1.165) is 5.56 Å². The largest absolute Gasteiger partial charge is 0.493 e. The van der Waals surface area contributed by atoms with Gasteiger partial charge in [-0.1, -0.05) is 50.2 Å². The molecule has 0 unspecified atom stereocenters. The second-order valence-corrected chi connectivity index (χ2v) is 5.70. The van der Waals surface area contributed by atoms with Crippen molar-refractivity contribution in [2.75, 3.05) is 7.11 Å². The SMILES string of the molecule is COc1ccccc1O[C@H](Cc1ccc(C(C)C)cc1)C(=O)O. The van der Waals surface area contributed by atoms with Crippen LogP contribution < -0.4 is 9.47 Å². The number of methoxy groups -OCH3 is 1. The van der Waals surface area contributed by atoms with Crippen LogP contribution in [0.2, 0.25) is 0 Å². The van der Waals surface area contributed by atoms with Gasteiger partial charge in [-0.2, -0.15) is 0 Å². The first-order chi connectivity index (χ1) is 11.0. The number of carbonyl (C=O) groups is 1. The van der Waals surface area contributed by atoms with E-state index in [-0.39, 0.29) is 0 Å². The zero-order valence-corrected chi connectivity index (χ0v) is 13.7. The molecule has 0 aliphatic rings. The van der Waals surface area contributed by atoms with Gasteiger partial charge in [-0.15, -0.1) is 0 Å². The molecule has 0 aliphatic heterocycles. The fraction of sp³-hybridized carbons (Fsp3) is 0.316. The molecule has 0 amide bonds. The Morgan fingerprint density at radius 2 is 1.65 bits per heavy atom. The molecule has 0 fully saturated rings. The molecule has 0 saturated heterocycles. The van der Waals surface area contributed by atoms with E-state index >= 15 is 0 Å². The Labute approximate surface area is 136 Å². The smallest absolute Gasteiger partial charge is 0.345 e. The van der Waals surface area contributed by atoms with Crippen LogP contribution in [0.3, 0.4) is 0 Å². The van der Waals surface area contributed by atoms with Crippen LogP contribution >= 0.6 is 0 Å². The van der Waals surface area contributed by atoms with Crippen LogP contribution in [0.4, 0.5) is 0 Å². The third-order valence-corrected chi connectivity index (χ3v) is 3.68. The zero-order chi connectivity index (χ0) is 16.8. The van der Waals surface area contributed by atoms with Gasteiger partial charge in [0.2, 0.25) is 0 Å². The van der Waals surface area contributed by atoms with Gasteiger partial charge < -0.3 is 14.6 Å². The molecule has 2 aromatic rings. The number of para-hydroxylation sites is 2. The van der Waals surface area contributed by atoms with Crippen LogP contribution in [0.5, 0.6) is 11.5 Å². The molecule has 0 bridgehead atoms. The second-order valence-electron chi connectivity index (χ2n) is 5.70. The first-order valence-corrected chi connectivity index (χ1v) is 7.62. The van der Waals surface area contributed by atoms with Gasteiger partial charge in [-0.05, 0) is 29.2 Å². The number of carboxylic acid groups (broad SMARTS) is 1. The minimum absolute atomic E-state index is 0.297. The van der Waals surface area contributed by atoms with Crippen LogP contribution in [-0.4, -0.2) is 24.3 Å². The molecule has 0 saturated carbocycles. The van der Waals surface area contributed by atoms with Crippen molar-refractivity contribution in [2.45, 2.75) is 32.3 Å². The lowest BCUT2D eigenvalue weighted by Gasteiger charge is -2.17. The summed E-state index contributed by atoms with van der Waals surface area (Å²) in [6.07, 6.45) is -0.664. The number of aliphatic carboxylic acids is 1. The monoisotopic (exact) mass is 314 g/mol. The lowest BCUT2D eigenvalue weighted by molar-refractivity contribution is -0.145. The summed E-state index contributed by atoms with van der Waals surface area (Å²) in [6.45, 7) is 4.25. The van der Waals surface area contributed by atoms with Gasteiger partial charge in [0.05, 0.1) is 7.11 Å². The topological polar surface area (TPSA) is 55.8 Å². The van der Waals surface area contributed by atoms with Crippen molar-refractivity contribution in [1.29, 1.82) is 0 Å². The molecule has 1 atom stereocenters. The highest BCUT2D eigenvalue weighted by Crippen LogP contribution is 2.27. The summed E-state index contributed by atoms with van der Waals surface area (Å²) in [4.78, 5) is 11.5. The molecule has 0 heterocycles. The standard InChI is InChI=1S/C19H22O4/c1-13(2)15-10-8-14(9-11-15)12-18(19(20)21)23-17-7-5-4-6-16(17)22-3/h4-11,13,18H,12H2,1-3H3,(H,20,21)/t18-/m1/s1. The van der Waals surface area contributed by atoms with E-state index in [1.54, 1.807) is 18.2 Å². The normalized spacial score (nSPS) is 12.0. The number of hydrogen-bond acceptors (Lipinski definition) is 3. The molecule has 1 N–H and O–H groups in total. The summed E-state index contributed by atoms with van der Waals surface area (Å²) in [5, 5.41) is 9.44. The van der Waals surface area contributed by atoms with E-state index in [9.17, 15) is 9.90 Å². The molecule has 4 heteroatoms. The quantitative estimate of drug-likeness (QED) is 0.842. The minimum atomic E-state index is -0.996. The number of carboxylic acids is 1. The Hall–Kier alpha value is -2.49. The molecule has 4 nitrogen and oxygen atoms in total. The predicted octanol–water partition coefficient (Wildman–Crippen LogP) is 3.89. The van der Waals surface area contributed by atoms with E-state index in [0.29, 0.717) is 23.8 Å². The van der Waals surface area contributed by atoms with Crippen LogP contribution in [-0.2, 0) is 11.2 Å². The summed E-state index contributed by atoms with van der Waals surface area (Å²) in [5.41, 5.74) is 2.16. The molecule has 2 rings (SSSR count). The molecule has 0 aromatic heterocycles. The molecule has 0 spiro atoms. The third-order valence-electron chi connectivity index (χ3n) is 3.68. The van der Waals surface area contributed by atoms with Crippen molar-refractivity contribution in [3.63, 3.8) is 0 Å². The lowest BCUT2D eigenvalue weighted by Crippen LogP contribution is -2.29. The van der Waals surface area contributed by atoms with Crippen molar-refractivity contribution in [3.8, 4) is 11.5 Å². The van der Waals surface area contributed by atoms with E-state index in [2.05, 4.69) is 13.8 Å². The Bertz CT molecular complexity index is 647. The highest BCUT2D eigenvalue weighted by molar-refractivity contribution is 5.73. The first kappa shape index (κ1) is 16.9. The van der Waals surface area contributed by atoms with E-state index < -0.39 is 12.1 Å². The summed E-state index contributed by atoms with van der Waals surface area (Å²) < 4.78 is 10.9. The minimum Gasteiger partial charge on any atom is -0.493 e. The summed E-state index contributed by atoms with van der Waals surface area (Å²) in [5.74, 6) is 0.406. The molecule has 0 radical (unpaired) electrons. The number of hydrogen-bond donors (Lipinski definition) is 1. The lowest BCUT2D eigenvalue weighted by atomic mass is 10.00. The summed E-state index contributed by atoms with van der Waals surface area (Å²) in [6, 6.07) is 15.0. The van der Waals surface area contributed by atoms with E-state index in [1.165, 1.54) is 12.7 Å². The van der Waals surface area contributed by atoms with Crippen LogP contribution in [0, 0.1) is 0 Å². The molecule has 122 valence electrons. The highest BCUT2D eigenvalue weighted by atomic mass is 16.5. The Morgan fingerprint density at radius 1 is 1.04 bits per heavy atom. The van der Waals surface area contributed by atoms with Crippen molar-refractivity contribution in [1.82, 2.24) is 0 Å². The van der Waals surface area contributed by atoms with Crippen LogP contribution in [0.15, 0.2) is 48.5 Å². The predicted molar refractivity (Wildman–Crippen MR) is 89.3 cm³/mol. The Kier molecular flexibility index (Phi) is 5.63. The summed E-state index contributed by atoms with van der Waals surface area (Å²) >= 11 is 0. The van der Waals surface area contributed by atoms with Crippen molar-refractivity contribution < 1.29 is 19.4 Å². The fourth-order valence-corrected chi connectivity index (χ4v) is 2.30. The maximum absolute atomic E-state index is 11.5. The number of rotatable bonds is 7. The van der Waals surface area contributed by atoms with E-state index in [1.807, 2.05) is 30.3 Å². The first-order valence-electron chi connectivity index (χ1n) is 7.62. The van der Waals surface area contributed by atoms with Gasteiger partial charge in [0.25, 0.3) is 0 Å². The van der Waals surface area contributed by atoms with Crippen LogP contribution in [0.25, 0.3) is 0 Å². The molecular weight excluding hydrogens is 292 g/mol. The van der Waals surface area contributed by atoms with Gasteiger partial charge in [-0.25, -0.2) is 4.79 Å². The van der Waals surface area contributed by atoms with Gasteiger partial charge >= 0.3 is 5.97 Å². The van der Waals surface area contributed by atoms with Crippen molar-refractivity contribution in [2.24, 2.45) is 0 Å². The van der Waals surface area contributed by atoms with Gasteiger partial charge in [0.15, 0.2) is 17.6 Å². The van der Waals surface area contributed by atoms with Crippen molar-refractivity contribution >= 4 is 5.97 Å². The Morgan fingerprint density at radius 3 is 2.17 bits per heavy atom. The summed E-state index contributed by atoms with van der Waals surface area (Å²) in [7, 11) is 1.53.